The number of carbonyl (C=O) groups is 1. The third kappa shape index (κ3) is 3.43. The molecule has 2 rings (SSSR count). The van der Waals surface area contributed by atoms with Crippen LogP contribution in [0.4, 0.5) is 0 Å². The summed E-state index contributed by atoms with van der Waals surface area (Å²) in [5.74, 6) is -0.0581. The molecule has 0 saturated carbocycles. The average molecular weight is 274 g/mol. The van der Waals surface area contributed by atoms with E-state index in [0.29, 0.717) is 6.54 Å². The van der Waals surface area contributed by atoms with Crippen molar-refractivity contribution < 1.29 is 4.79 Å². The molecule has 0 aliphatic carbocycles. The Morgan fingerprint density at radius 1 is 1.32 bits per heavy atom. The van der Waals surface area contributed by atoms with Crippen molar-refractivity contribution in [1.82, 2.24) is 4.90 Å². The van der Waals surface area contributed by atoms with Crippen LogP contribution in [0.25, 0.3) is 0 Å². The second kappa shape index (κ2) is 5.99. The first-order valence-electron chi connectivity index (χ1n) is 6.17. The largest absolute Gasteiger partial charge is 0.339 e. The molecule has 0 aliphatic heterocycles. The normalized spacial score (nSPS) is 12.2. The van der Waals surface area contributed by atoms with E-state index in [1.165, 1.54) is 0 Å². The summed E-state index contributed by atoms with van der Waals surface area (Å²) in [4.78, 5) is 15.1. The van der Waals surface area contributed by atoms with Crippen molar-refractivity contribution in [2.45, 2.75) is 19.5 Å². The molecule has 100 valence electrons. The summed E-state index contributed by atoms with van der Waals surface area (Å²) < 4.78 is 0. The predicted molar refractivity (Wildman–Crippen MR) is 78.9 cm³/mol. The molecule has 3 nitrogen and oxygen atoms in total. The van der Waals surface area contributed by atoms with Crippen LogP contribution in [0.1, 0.15) is 22.0 Å². The Bertz CT molecular complexity index is 534. The lowest BCUT2D eigenvalue weighted by molar-refractivity contribution is -0.131. The van der Waals surface area contributed by atoms with Crippen LogP contribution in [0, 0.1) is 6.92 Å². The van der Waals surface area contributed by atoms with Gasteiger partial charge in [-0.25, -0.2) is 0 Å². The maximum absolute atomic E-state index is 12.3. The Labute approximate surface area is 117 Å². The lowest BCUT2D eigenvalue weighted by Gasteiger charge is -2.21. The van der Waals surface area contributed by atoms with Crippen molar-refractivity contribution in [3.63, 3.8) is 0 Å². The Morgan fingerprint density at radius 3 is 2.58 bits per heavy atom. The summed E-state index contributed by atoms with van der Waals surface area (Å²) in [7, 11) is 1.79. The van der Waals surface area contributed by atoms with Gasteiger partial charge in [-0.15, -0.1) is 11.3 Å². The van der Waals surface area contributed by atoms with Crippen molar-refractivity contribution >= 4 is 17.2 Å². The Hall–Kier alpha value is -1.65. The molecule has 0 radical (unpaired) electrons. The van der Waals surface area contributed by atoms with Crippen LogP contribution in [0.5, 0.6) is 0 Å². The molecule has 1 atom stereocenters. The number of thiophene rings is 1. The molecular weight excluding hydrogens is 256 g/mol. The van der Waals surface area contributed by atoms with E-state index in [-0.39, 0.29) is 5.91 Å². The fourth-order valence-electron chi connectivity index (χ4n) is 1.87. The van der Waals surface area contributed by atoms with Crippen molar-refractivity contribution in [1.29, 1.82) is 0 Å². The van der Waals surface area contributed by atoms with Crippen LogP contribution in [0.15, 0.2) is 41.8 Å². The van der Waals surface area contributed by atoms with E-state index in [1.54, 1.807) is 23.3 Å². The third-order valence-corrected chi connectivity index (χ3v) is 3.91. The summed E-state index contributed by atoms with van der Waals surface area (Å²) in [6, 6.07) is 11.2. The highest BCUT2D eigenvalue weighted by molar-refractivity contribution is 7.09. The molecule has 1 aromatic heterocycles. The number of rotatable bonds is 4. The first kappa shape index (κ1) is 13.8. The Balaban J connectivity index is 2.04. The smallest absolute Gasteiger partial charge is 0.244 e. The lowest BCUT2D eigenvalue weighted by atomic mass is 10.0. The number of carbonyl (C=O) groups excluding carboxylic acids is 1. The van der Waals surface area contributed by atoms with Gasteiger partial charge in [-0.1, -0.05) is 35.9 Å². The van der Waals surface area contributed by atoms with Gasteiger partial charge in [-0.3, -0.25) is 4.79 Å². The molecule has 19 heavy (non-hydrogen) atoms. The van der Waals surface area contributed by atoms with Crippen molar-refractivity contribution in [2.24, 2.45) is 5.73 Å². The summed E-state index contributed by atoms with van der Waals surface area (Å²) in [5, 5.41) is 2.01. The van der Waals surface area contributed by atoms with E-state index in [1.807, 2.05) is 48.7 Å². The molecular formula is C15H18N2OS. The third-order valence-electron chi connectivity index (χ3n) is 3.05. The van der Waals surface area contributed by atoms with E-state index in [2.05, 4.69) is 0 Å². The standard InChI is InChI=1S/C15H18N2OS/c1-11-5-7-12(8-6-11)14(16)15(18)17(2)10-13-4-3-9-19-13/h3-9,14H,10,16H2,1-2H3. The molecule has 2 aromatic rings. The molecule has 1 amide bonds. The van der Waals surface area contributed by atoms with Crippen molar-refractivity contribution in [2.75, 3.05) is 7.05 Å². The number of nitrogens with two attached hydrogens (primary N) is 1. The molecule has 4 heteroatoms. The maximum Gasteiger partial charge on any atom is 0.244 e. The van der Waals surface area contributed by atoms with Gasteiger partial charge in [0.25, 0.3) is 0 Å². The van der Waals surface area contributed by atoms with Gasteiger partial charge < -0.3 is 10.6 Å². The second-order valence-electron chi connectivity index (χ2n) is 4.66. The number of likely N-dealkylation sites (N-methyl/N-ethyl adjacent to an activating group) is 1. The molecule has 2 N–H and O–H groups in total. The van der Waals surface area contributed by atoms with Gasteiger partial charge in [0.1, 0.15) is 6.04 Å². The van der Waals surface area contributed by atoms with Crippen LogP contribution < -0.4 is 5.73 Å². The average Bonchev–Trinajstić information content (AvgIpc) is 2.90. The zero-order valence-electron chi connectivity index (χ0n) is 11.2. The van der Waals surface area contributed by atoms with Gasteiger partial charge in [0, 0.05) is 11.9 Å². The Morgan fingerprint density at radius 2 is 2.00 bits per heavy atom. The van der Waals surface area contributed by atoms with Crippen LogP contribution in [0.2, 0.25) is 0 Å². The minimum atomic E-state index is -0.592. The van der Waals surface area contributed by atoms with Crippen LogP contribution >= 0.6 is 11.3 Å². The lowest BCUT2D eigenvalue weighted by Crippen LogP contribution is -2.35. The molecule has 0 spiro atoms. The number of nitrogens with zero attached hydrogens (tertiary/aromatic N) is 1. The monoisotopic (exact) mass is 274 g/mol. The number of hydrogen-bond acceptors (Lipinski definition) is 3. The highest BCUT2D eigenvalue weighted by atomic mass is 32.1. The van der Waals surface area contributed by atoms with Crippen LogP contribution in [0.3, 0.4) is 0 Å². The molecule has 1 aromatic carbocycles. The highest BCUT2D eigenvalue weighted by Crippen LogP contribution is 2.16. The van der Waals surface area contributed by atoms with E-state index in [9.17, 15) is 4.79 Å². The van der Waals surface area contributed by atoms with E-state index in [0.717, 1.165) is 16.0 Å². The van der Waals surface area contributed by atoms with E-state index < -0.39 is 6.04 Å². The summed E-state index contributed by atoms with van der Waals surface area (Å²) in [5.41, 5.74) is 8.05. The SMILES string of the molecule is Cc1ccc(C(N)C(=O)N(C)Cc2cccs2)cc1. The number of aryl methyl sites for hydroxylation is 1. The van der Waals surface area contributed by atoms with Gasteiger partial charge in [0.05, 0.1) is 6.54 Å². The topological polar surface area (TPSA) is 46.3 Å². The fourth-order valence-corrected chi connectivity index (χ4v) is 2.63. The van der Waals surface area contributed by atoms with Crippen LogP contribution in [-0.4, -0.2) is 17.9 Å². The first-order valence-corrected chi connectivity index (χ1v) is 7.05. The zero-order chi connectivity index (χ0) is 13.8. The Kier molecular flexibility index (Phi) is 4.35. The molecule has 0 saturated heterocycles. The van der Waals surface area contributed by atoms with Gasteiger partial charge in [0.15, 0.2) is 0 Å². The van der Waals surface area contributed by atoms with Gasteiger partial charge >= 0.3 is 0 Å². The molecule has 0 bridgehead atoms. The van der Waals surface area contributed by atoms with Gasteiger partial charge in [0.2, 0.25) is 5.91 Å². The van der Waals surface area contributed by atoms with Gasteiger partial charge in [-0.05, 0) is 23.9 Å². The van der Waals surface area contributed by atoms with Crippen molar-refractivity contribution in [3.05, 3.63) is 57.8 Å². The van der Waals surface area contributed by atoms with E-state index in [4.69, 9.17) is 5.73 Å². The summed E-state index contributed by atoms with van der Waals surface area (Å²) in [6.45, 7) is 2.62. The minimum Gasteiger partial charge on any atom is -0.339 e. The number of benzene rings is 1. The summed E-state index contributed by atoms with van der Waals surface area (Å²) >= 11 is 1.64. The molecule has 0 fully saturated rings. The quantitative estimate of drug-likeness (QED) is 0.931. The number of amides is 1. The summed E-state index contributed by atoms with van der Waals surface area (Å²) in [6.07, 6.45) is 0. The molecule has 1 heterocycles. The number of hydrogen-bond donors (Lipinski definition) is 1. The maximum atomic E-state index is 12.3. The first-order chi connectivity index (χ1) is 9.08. The van der Waals surface area contributed by atoms with Crippen molar-refractivity contribution in [3.8, 4) is 0 Å². The second-order valence-corrected chi connectivity index (χ2v) is 5.69. The van der Waals surface area contributed by atoms with Crippen LogP contribution in [-0.2, 0) is 11.3 Å². The van der Waals surface area contributed by atoms with E-state index >= 15 is 0 Å². The minimum absolute atomic E-state index is 0.0581. The highest BCUT2D eigenvalue weighted by Gasteiger charge is 2.19. The van der Waals surface area contributed by atoms with Gasteiger partial charge in [-0.2, -0.15) is 0 Å². The fraction of sp³-hybridized carbons (Fsp3) is 0.267. The predicted octanol–water partition coefficient (Wildman–Crippen LogP) is 2.71. The molecule has 0 aliphatic rings. The zero-order valence-corrected chi connectivity index (χ0v) is 12.0. The molecule has 1 unspecified atom stereocenters.